The number of unbranched alkanes of at least 4 members (excludes halogenated alkanes) is 1. The van der Waals surface area contributed by atoms with Gasteiger partial charge in [0.15, 0.2) is 12.1 Å². The SMILES string of the molecule is CCCCc1nc2cc(/C=C/c3ccccc3)c(C(=O)OC)cc2n1Cc1ccc(-c2ccccc2-c2nnnn2C(C)OCC)cc1. The molecule has 1 unspecified atom stereocenters. The molecule has 0 radical (unpaired) electrons. The second kappa shape index (κ2) is 15.0. The lowest BCUT2D eigenvalue weighted by atomic mass is 9.98. The average Bonchev–Trinajstić information content (AvgIpc) is 3.75. The molecule has 0 aliphatic carbocycles. The van der Waals surface area contributed by atoms with Crippen LogP contribution in [-0.4, -0.2) is 49.4 Å². The molecule has 0 saturated heterocycles. The Bertz CT molecular complexity index is 2030. The molecule has 0 amide bonds. The van der Waals surface area contributed by atoms with Gasteiger partial charge in [0.2, 0.25) is 0 Å². The van der Waals surface area contributed by atoms with Crippen LogP contribution >= 0.6 is 0 Å². The van der Waals surface area contributed by atoms with Crippen molar-refractivity contribution in [1.29, 1.82) is 0 Å². The van der Waals surface area contributed by atoms with Crippen molar-refractivity contribution in [2.24, 2.45) is 0 Å². The van der Waals surface area contributed by atoms with Gasteiger partial charge in [-0.2, -0.15) is 4.68 Å². The minimum absolute atomic E-state index is 0.294. The minimum Gasteiger partial charge on any atom is -0.465 e. The number of rotatable bonds is 13. The Labute approximate surface area is 280 Å². The first-order valence-corrected chi connectivity index (χ1v) is 16.4. The molecule has 0 fully saturated rings. The zero-order valence-electron chi connectivity index (χ0n) is 27.8. The maximum atomic E-state index is 13.0. The first kappa shape index (κ1) is 32.5. The van der Waals surface area contributed by atoms with E-state index >= 15 is 0 Å². The van der Waals surface area contributed by atoms with E-state index in [0.717, 1.165) is 69.5 Å². The lowest BCUT2D eigenvalue weighted by molar-refractivity contribution is 0.0159. The summed E-state index contributed by atoms with van der Waals surface area (Å²) >= 11 is 0. The van der Waals surface area contributed by atoms with Gasteiger partial charge in [0.05, 0.1) is 23.7 Å². The molecule has 0 aliphatic heterocycles. The van der Waals surface area contributed by atoms with Gasteiger partial charge in [-0.3, -0.25) is 0 Å². The molecule has 9 heteroatoms. The number of hydrogen-bond acceptors (Lipinski definition) is 7. The van der Waals surface area contributed by atoms with E-state index in [2.05, 4.69) is 57.3 Å². The van der Waals surface area contributed by atoms with Crippen molar-refractivity contribution < 1.29 is 14.3 Å². The Morgan fingerprint density at radius 3 is 2.40 bits per heavy atom. The molecule has 6 aromatic rings. The van der Waals surface area contributed by atoms with E-state index in [4.69, 9.17) is 14.5 Å². The molecular weight excluding hydrogens is 600 g/mol. The standard InChI is InChI=1S/C39H40N6O3/c1-5-7-17-37-40-35-24-31(23-18-28-13-9-8-10-14-28)34(39(46)47-4)25-36(35)44(37)26-29-19-21-30(22-20-29)32-15-11-12-16-33(32)38-41-42-43-45(38)27(3)48-6-2/h8-16,18-25,27H,5-7,17,26H2,1-4H3/b23-18+. The number of aryl methyl sites for hydroxylation is 1. The van der Waals surface area contributed by atoms with Crippen LogP contribution < -0.4 is 0 Å². The Morgan fingerprint density at radius 1 is 0.917 bits per heavy atom. The summed E-state index contributed by atoms with van der Waals surface area (Å²) in [7, 11) is 1.42. The van der Waals surface area contributed by atoms with E-state index in [0.29, 0.717) is 24.5 Å². The molecule has 6 rings (SSSR count). The van der Waals surface area contributed by atoms with E-state index in [1.54, 1.807) is 4.68 Å². The molecule has 0 saturated carbocycles. The predicted octanol–water partition coefficient (Wildman–Crippen LogP) is 8.26. The Kier molecular flexibility index (Phi) is 10.2. The Hall–Kier alpha value is -5.41. The monoisotopic (exact) mass is 640 g/mol. The topological polar surface area (TPSA) is 97.0 Å². The third-order valence-corrected chi connectivity index (χ3v) is 8.43. The summed E-state index contributed by atoms with van der Waals surface area (Å²) in [5, 5.41) is 12.5. The first-order valence-electron chi connectivity index (χ1n) is 16.4. The van der Waals surface area contributed by atoms with Crippen LogP contribution in [-0.2, 0) is 22.4 Å². The number of hydrogen-bond donors (Lipinski definition) is 0. The fraction of sp³-hybridized carbons (Fsp3) is 0.256. The van der Waals surface area contributed by atoms with Crippen LogP contribution in [0.1, 0.15) is 72.7 Å². The fourth-order valence-corrected chi connectivity index (χ4v) is 5.94. The quantitative estimate of drug-likeness (QED) is 0.0926. The summed E-state index contributed by atoms with van der Waals surface area (Å²) in [6, 6.07) is 30.6. The highest BCUT2D eigenvalue weighted by atomic mass is 16.5. The number of methoxy groups -OCH3 is 1. The summed E-state index contributed by atoms with van der Waals surface area (Å²) in [4.78, 5) is 18.1. The molecule has 0 aliphatic rings. The van der Waals surface area contributed by atoms with E-state index in [1.165, 1.54) is 7.11 Å². The van der Waals surface area contributed by atoms with Crippen molar-refractivity contribution >= 4 is 29.2 Å². The summed E-state index contributed by atoms with van der Waals surface area (Å²) in [6.45, 7) is 7.25. The number of fused-ring (bicyclic) bond motifs is 1. The first-order chi connectivity index (χ1) is 23.5. The minimum atomic E-state index is -0.378. The highest BCUT2D eigenvalue weighted by Crippen LogP contribution is 2.32. The number of benzene rings is 4. The van der Waals surface area contributed by atoms with Crippen molar-refractivity contribution in [3.63, 3.8) is 0 Å². The molecule has 9 nitrogen and oxygen atoms in total. The van der Waals surface area contributed by atoms with E-state index in [-0.39, 0.29) is 12.2 Å². The number of tetrazole rings is 1. The van der Waals surface area contributed by atoms with E-state index in [9.17, 15) is 4.79 Å². The van der Waals surface area contributed by atoms with Crippen LogP contribution in [0.5, 0.6) is 0 Å². The zero-order valence-corrected chi connectivity index (χ0v) is 27.8. The molecule has 4 aromatic carbocycles. The molecule has 244 valence electrons. The van der Waals surface area contributed by atoms with Gasteiger partial charge in [-0.05, 0) is 70.6 Å². The van der Waals surface area contributed by atoms with E-state index in [1.807, 2.05) is 86.7 Å². The zero-order chi connectivity index (χ0) is 33.5. The van der Waals surface area contributed by atoms with Gasteiger partial charge in [-0.1, -0.05) is 104 Å². The van der Waals surface area contributed by atoms with E-state index < -0.39 is 0 Å². The van der Waals surface area contributed by atoms with Gasteiger partial charge in [0.1, 0.15) is 5.82 Å². The number of imidazole rings is 1. The van der Waals surface area contributed by atoms with Crippen LogP contribution in [0.4, 0.5) is 0 Å². The summed E-state index contributed by atoms with van der Waals surface area (Å²) in [6.07, 6.45) is 6.58. The molecular formula is C39H40N6O3. The number of carbonyl (C=O) groups is 1. The average molecular weight is 641 g/mol. The molecule has 0 spiro atoms. The number of ether oxygens (including phenoxy) is 2. The fourth-order valence-electron chi connectivity index (χ4n) is 5.94. The third kappa shape index (κ3) is 6.96. The number of esters is 1. The normalized spacial score (nSPS) is 12.2. The molecule has 48 heavy (non-hydrogen) atoms. The van der Waals surface area contributed by atoms with Crippen LogP contribution in [0.25, 0.3) is 45.7 Å². The van der Waals surface area contributed by atoms with Crippen molar-refractivity contribution in [2.45, 2.75) is 52.8 Å². The van der Waals surface area contributed by atoms with Gasteiger partial charge in [-0.25, -0.2) is 9.78 Å². The van der Waals surface area contributed by atoms with Gasteiger partial charge in [0.25, 0.3) is 0 Å². The van der Waals surface area contributed by atoms with Gasteiger partial charge >= 0.3 is 5.97 Å². The van der Waals surface area contributed by atoms with Gasteiger partial charge < -0.3 is 14.0 Å². The summed E-state index contributed by atoms with van der Waals surface area (Å²) < 4.78 is 14.9. The molecule has 0 bridgehead atoms. The van der Waals surface area contributed by atoms with Crippen molar-refractivity contribution in [1.82, 2.24) is 29.8 Å². The smallest absolute Gasteiger partial charge is 0.338 e. The number of nitrogens with zero attached hydrogens (tertiary/aromatic N) is 6. The highest BCUT2D eigenvalue weighted by molar-refractivity contribution is 5.99. The van der Waals surface area contributed by atoms with Crippen LogP contribution in [0, 0.1) is 0 Å². The Balaban J connectivity index is 1.35. The van der Waals surface area contributed by atoms with Crippen LogP contribution in [0.3, 0.4) is 0 Å². The summed E-state index contributed by atoms with van der Waals surface area (Å²) in [5.41, 5.74) is 8.22. The van der Waals surface area contributed by atoms with Gasteiger partial charge in [-0.15, -0.1) is 5.10 Å². The number of carbonyl (C=O) groups excluding carboxylic acids is 1. The molecule has 0 N–H and O–H groups in total. The van der Waals surface area contributed by atoms with Crippen molar-refractivity contribution in [2.75, 3.05) is 13.7 Å². The third-order valence-electron chi connectivity index (χ3n) is 8.43. The maximum Gasteiger partial charge on any atom is 0.338 e. The highest BCUT2D eigenvalue weighted by Gasteiger charge is 2.20. The van der Waals surface area contributed by atoms with Crippen molar-refractivity contribution in [3.8, 4) is 22.5 Å². The molecule has 1 atom stereocenters. The molecule has 2 heterocycles. The van der Waals surface area contributed by atoms with Crippen molar-refractivity contribution in [3.05, 3.63) is 119 Å². The predicted molar refractivity (Wildman–Crippen MR) is 189 cm³/mol. The van der Waals surface area contributed by atoms with Crippen LogP contribution in [0.15, 0.2) is 91.0 Å². The maximum absolute atomic E-state index is 13.0. The molecule has 2 aromatic heterocycles. The second-order valence-corrected chi connectivity index (χ2v) is 11.6. The summed E-state index contributed by atoms with van der Waals surface area (Å²) in [5.74, 6) is 1.27. The Morgan fingerprint density at radius 2 is 1.67 bits per heavy atom. The lowest BCUT2D eigenvalue weighted by Crippen LogP contribution is -2.12. The largest absolute Gasteiger partial charge is 0.465 e. The second-order valence-electron chi connectivity index (χ2n) is 11.6. The van der Waals surface area contributed by atoms with Crippen LogP contribution in [0.2, 0.25) is 0 Å². The van der Waals surface area contributed by atoms with Gasteiger partial charge in [0, 0.05) is 25.1 Å². The lowest BCUT2D eigenvalue weighted by Gasteiger charge is -2.15. The number of aromatic nitrogens is 6.